The Bertz CT molecular complexity index is 1250. The number of carbonyl (C=O) groups is 1. The Labute approximate surface area is 164 Å². The van der Waals surface area contributed by atoms with Crippen LogP contribution in [0, 0.1) is 0 Å². The Kier molecular flexibility index (Phi) is 4.65. The van der Waals surface area contributed by atoms with E-state index in [1.165, 1.54) is 26.5 Å². The Balaban J connectivity index is 1.63. The number of aromatic carboxylic acids is 1. The second kappa shape index (κ2) is 7.43. The number of carboxylic acids is 1. The highest BCUT2D eigenvalue weighted by Crippen LogP contribution is 2.32. The molecule has 10 nitrogen and oxygen atoms in total. The van der Waals surface area contributed by atoms with Gasteiger partial charge in [0.2, 0.25) is 0 Å². The Morgan fingerprint density at radius 1 is 1.17 bits per heavy atom. The maximum atomic E-state index is 11.6. The molecule has 0 aliphatic heterocycles. The third-order valence-corrected chi connectivity index (χ3v) is 4.27. The van der Waals surface area contributed by atoms with E-state index >= 15 is 0 Å². The SMILES string of the molecule is COc1ccc(/C=N\Nc2nnc3c(n2)[nH]c2ccccc23)c(C(=O)[O-])c1OC. The molecule has 0 atom stereocenters. The van der Waals surface area contributed by atoms with Gasteiger partial charge in [0.05, 0.1) is 32.0 Å². The van der Waals surface area contributed by atoms with Crippen molar-refractivity contribution in [1.82, 2.24) is 20.2 Å². The molecule has 2 heterocycles. The summed E-state index contributed by atoms with van der Waals surface area (Å²) >= 11 is 0. The predicted octanol–water partition coefficient (Wildman–Crippen LogP) is 1.33. The molecule has 2 aromatic heterocycles. The average molecular weight is 391 g/mol. The molecule has 0 aliphatic carbocycles. The van der Waals surface area contributed by atoms with E-state index in [9.17, 15) is 9.90 Å². The number of anilines is 1. The monoisotopic (exact) mass is 391 g/mol. The molecular weight excluding hydrogens is 376 g/mol. The lowest BCUT2D eigenvalue weighted by molar-refractivity contribution is -0.255. The zero-order valence-corrected chi connectivity index (χ0v) is 15.5. The number of nitrogens with zero attached hydrogens (tertiary/aromatic N) is 4. The number of ether oxygens (including phenoxy) is 2. The van der Waals surface area contributed by atoms with Crippen LogP contribution in [0.1, 0.15) is 15.9 Å². The summed E-state index contributed by atoms with van der Waals surface area (Å²) in [6, 6.07) is 10.8. The van der Waals surface area contributed by atoms with E-state index in [-0.39, 0.29) is 28.6 Å². The standard InChI is InChI=1S/C19H16N6O4/c1-28-13-8-7-10(14(18(26)27)16(13)29-2)9-20-24-19-22-17-15(23-25-19)11-5-3-4-6-12(11)21-17/h3-9H,1-2H3,(H,26,27)(H2,21,22,24,25)/p-1/b20-9-. The van der Waals surface area contributed by atoms with E-state index in [2.05, 4.69) is 30.7 Å². The lowest BCUT2D eigenvalue weighted by atomic mass is 10.1. The van der Waals surface area contributed by atoms with Crippen molar-refractivity contribution in [3.8, 4) is 11.5 Å². The number of hydrogen-bond acceptors (Lipinski definition) is 9. The van der Waals surface area contributed by atoms with Crippen molar-refractivity contribution < 1.29 is 19.4 Å². The number of rotatable bonds is 6. The second-order valence-electron chi connectivity index (χ2n) is 5.93. The minimum atomic E-state index is -1.42. The van der Waals surface area contributed by atoms with Gasteiger partial charge in [0.25, 0.3) is 5.95 Å². The number of hydrogen-bond donors (Lipinski definition) is 2. The summed E-state index contributed by atoms with van der Waals surface area (Å²) in [7, 11) is 2.76. The molecule has 0 unspecified atom stereocenters. The number of aromatic amines is 1. The summed E-state index contributed by atoms with van der Waals surface area (Å²) in [5, 5.41) is 24.7. The van der Waals surface area contributed by atoms with Gasteiger partial charge in [0.1, 0.15) is 5.52 Å². The van der Waals surface area contributed by atoms with Crippen LogP contribution in [0.25, 0.3) is 22.1 Å². The second-order valence-corrected chi connectivity index (χ2v) is 5.93. The number of aromatic nitrogens is 4. The average Bonchev–Trinajstić information content (AvgIpc) is 3.10. The van der Waals surface area contributed by atoms with Gasteiger partial charge >= 0.3 is 0 Å². The van der Waals surface area contributed by atoms with E-state index in [4.69, 9.17) is 9.47 Å². The maximum Gasteiger partial charge on any atom is 0.265 e. The van der Waals surface area contributed by atoms with Gasteiger partial charge in [-0.25, -0.2) is 5.43 Å². The highest BCUT2D eigenvalue weighted by molar-refractivity contribution is 6.03. The van der Waals surface area contributed by atoms with Crippen LogP contribution in [0.4, 0.5) is 5.95 Å². The van der Waals surface area contributed by atoms with Gasteiger partial charge in [-0.3, -0.25) is 0 Å². The van der Waals surface area contributed by atoms with E-state index in [1.54, 1.807) is 6.07 Å². The largest absolute Gasteiger partial charge is 0.545 e. The van der Waals surface area contributed by atoms with Crippen LogP contribution in [0.2, 0.25) is 0 Å². The zero-order valence-electron chi connectivity index (χ0n) is 15.5. The molecule has 2 aromatic carbocycles. The molecule has 0 spiro atoms. The van der Waals surface area contributed by atoms with Gasteiger partial charge in [0.15, 0.2) is 17.1 Å². The number of carbonyl (C=O) groups excluding carboxylic acids is 1. The molecule has 0 saturated carbocycles. The van der Waals surface area contributed by atoms with Crippen molar-refractivity contribution in [3.63, 3.8) is 0 Å². The highest BCUT2D eigenvalue weighted by Gasteiger charge is 2.15. The van der Waals surface area contributed by atoms with Crippen molar-refractivity contribution in [1.29, 1.82) is 0 Å². The van der Waals surface area contributed by atoms with Crippen molar-refractivity contribution in [2.75, 3.05) is 19.6 Å². The number of para-hydroxylation sites is 1. The fraction of sp³-hybridized carbons (Fsp3) is 0.105. The number of H-pyrrole nitrogens is 1. The Hall–Kier alpha value is -4.21. The fourth-order valence-corrected chi connectivity index (χ4v) is 2.99. The molecule has 4 aromatic rings. The first-order valence-corrected chi connectivity index (χ1v) is 8.49. The summed E-state index contributed by atoms with van der Waals surface area (Å²) in [5.41, 5.74) is 4.82. The topological polar surface area (TPSA) is 137 Å². The van der Waals surface area contributed by atoms with E-state index in [1.807, 2.05) is 24.3 Å². The first-order valence-electron chi connectivity index (χ1n) is 8.49. The molecular formula is C19H15N6O4-. The summed E-state index contributed by atoms with van der Waals surface area (Å²) in [5.74, 6) is -0.946. The number of carboxylic acid groups (broad SMARTS) is 1. The van der Waals surface area contributed by atoms with E-state index < -0.39 is 5.97 Å². The molecule has 10 heteroatoms. The van der Waals surface area contributed by atoms with Crippen LogP contribution < -0.4 is 20.0 Å². The van der Waals surface area contributed by atoms with Gasteiger partial charge in [0, 0.05) is 16.5 Å². The molecule has 0 bridgehead atoms. The van der Waals surface area contributed by atoms with Crippen molar-refractivity contribution in [2.24, 2.45) is 5.10 Å². The molecule has 0 amide bonds. The highest BCUT2D eigenvalue weighted by atomic mass is 16.5. The van der Waals surface area contributed by atoms with Gasteiger partial charge in [-0.1, -0.05) is 18.2 Å². The molecule has 29 heavy (non-hydrogen) atoms. The van der Waals surface area contributed by atoms with Crippen LogP contribution in [0.5, 0.6) is 11.5 Å². The molecule has 4 rings (SSSR count). The number of nitrogens with one attached hydrogen (secondary N) is 2. The van der Waals surface area contributed by atoms with Crippen LogP contribution in [0.3, 0.4) is 0 Å². The Morgan fingerprint density at radius 3 is 2.76 bits per heavy atom. The fourth-order valence-electron chi connectivity index (χ4n) is 2.99. The quantitative estimate of drug-likeness (QED) is 0.371. The minimum absolute atomic E-state index is 0.0499. The van der Waals surface area contributed by atoms with Gasteiger partial charge in [-0.2, -0.15) is 10.1 Å². The van der Waals surface area contributed by atoms with Crippen LogP contribution >= 0.6 is 0 Å². The number of methoxy groups -OCH3 is 2. The molecule has 2 N–H and O–H groups in total. The van der Waals surface area contributed by atoms with Crippen molar-refractivity contribution in [2.45, 2.75) is 0 Å². The maximum absolute atomic E-state index is 11.6. The number of benzene rings is 2. The first-order chi connectivity index (χ1) is 14.1. The van der Waals surface area contributed by atoms with Crippen LogP contribution in [-0.2, 0) is 0 Å². The lowest BCUT2D eigenvalue weighted by Crippen LogP contribution is -2.25. The predicted molar refractivity (Wildman–Crippen MR) is 104 cm³/mol. The van der Waals surface area contributed by atoms with Crippen molar-refractivity contribution in [3.05, 3.63) is 47.5 Å². The third-order valence-electron chi connectivity index (χ3n) is 4.27. The molecule has 0 saturated heterocycles. The van der Waals surface area contributed by atoms with Crippen LogP contribution in [-0.4, -0.2) is 46.6 Å². The van der Waals surface area contributed by atoms with E-state index in [0.717, 1.165) is 10.9 Å². The molecule has 0 aliphatic rings. The first kappa shape index (κ1) is 18.2. The lowest BCUT2D eigenvalue weighted by Gasteiger charge is -2.15. The van der Waals surface area contributed by atoms with Gasteiger partial charge in [-0.15, -0.1) is 10.2 Å². The minimum Gasteiger partial charge on any atom is -0.545 e. The number of hydrazone groups is 1. The molecule has 0 fully saturated rings. The molecule has 0 radical (unpaired) electrons. The van der Waals surface area contributed by atoms with Gasteiger partial charge in [-0.05, 0) is 18.2 Å². The molecule has 146 valence electrons. The Morgan fingerprint density at radius 2 is 2.00 bits per heavy atom. The van der Waals surface area contributed by atoms with Crippen molar-refractivity contribution >= 4 is 40.2 Å². The smallest absolute Gasteiger partial charge is 0.265 e. The summed E-state index contributed by atoms with van der Waals surface area (Å²) in [4.78, 5) is 19.1. The van der Waals surface area contributed by atoms with Gasteiger partial charge < -0.3 is 24.4 Å². The van der Waals surface area contributed by atoms with Crippen LogP contribution in [0.15, 0.2) is 41.5 Å². The number of fused-ring (bicyclic) bond motifs is 3. The normalized spacial score (nSPS) is 11.2. The summed E-state index contributed by atoms with van der Waals surface area (Å²) in [6.45, 7) is 0. The summed E-state index contributed by atoms with van der Waals surface area (Å²) in [6.07, 6.45) is 1.30. The zero-order chi connectivity index (χ0) is 20.4. The van der Waals surface area contributed by atoms with E-state index in [0.29, 0.717) is 11.2 Å². The summed E-state index contributed by atoms with van der Waals surface area (Å²) < 4.78 is 10.3. The third kappa shape index (κ3) is 3.27.